The molecule has 6 nitrogen and oxygen atoms in total. The van der Waals surface area contributed by atoms with Gasteiger partial charge in [-0.05, 0) is 6.54 Å². The van der Waals surface area contributed by atoms with Crippen molar-refractivity contribution in [3.63, 3.8) is 0 Å². The maximum absolute atomic E-state index is 11.1. The van der Waals surface area contributed by atoms with Gasteiger partial charge >= 0.3 is 0 Å². The Hall–Kier alpha value is -1.43. The number of aromatic nitrogens is 3. The molecule has 0 aromatic carbocycles. The molecule has 0 bridgehead atoms. The molecule has 0 spiro atoms. The summed E-state index contributed by atoms with van der Waals surface area (Å²) in [7, 11) is 0. The molecule has 1 aromatic heterocycles. The van der Waals surface area contributed by atoms with Gasteiger partial charge in [0.05, 0.1) is 13.1 Å². The summed E-state index contributed by atoms with van der Waals surface area (Å²) in [4.78, 5) is 14.9. The van der Waals surface area contributed by atoms with Crippen LogP contribution >= 0.6 is 0 Å². The van der Waals surface area contributed by atoms with Gasteiger partial charge in [-0.15, -0.1) is 0 Å². The zero-order chi connectivity index (χ0) is 9.52. The lowest BCUT2D eigenvalue weighted by Crippen LogP contribution is -2.33. The fourth-order valence-corrected chi connectivity index (χ4v) is 0.799. The Balaban J connectivity index is 2.15. The summed E-state index contributed by atoms with van der Waals surface area (Å²) in [6.45, 7) is 3.47. The summed E-state index contributed by atoms with van der Waals surface area (Å²) >= 11 is 0. The third-order valence-electron chi connectivity index (χ3n) is 1.45. The van der Waals surface area contributed by atoms with Crippen LogP contribution in [0.2, 0.25) is 0 Å². The van der Waals surface area contributed by atoms with E-state index in [1.165, 1.54) is 6.33 Å². The second-order valence-electron chi connectivity index (χ2n) is 2.49. The number of aromatic amines is 1. The van der Waals surface area contributed by atoms with Crippen LogP contribution in [0.3, 0.4) is 0 Å². The van der Waals surface area contributed by atoms with Gasteiger partial charge in [0.15, 0.2) is 0 Å². The van der Waals surface area contributed by atoms with Crippen LogP contribution < -0.4 is 10.6 Å². The van der Waals surface area contributed by atoms with E-state index in [9.17, 15) is 4.79 Å². The fraction of sp³-hybridized carbons (Fsp3) is 0.571. The van der Waals surface area contributed by atoms with Crippen LogP contribution in [0.4, 0.5) is 0 Å². The Labute approximate surface area is 76.1 Å². The second-order valence-corrected chi connectivity index (χ2v) is 2.49. The van der Waals surface area contributed by atoms with E-state index < -0.39 is 0 Å². The van der Waals surface area contributed by atoms with Gasteiger partial charge in [0.25, 0.3) is 0 Å². The van der Waals surface area contributed by atoms with Gasteiger partial charge in [-0.1, -0.05) is 6.92 Å². The van der Waals surface area contributed by atoms with Gasteiger partial charge in [-0.25, -0.2) is 4.98 Å². The molecule has 0 aliphatic carbocycles. The molecule has 0 unspecified atom stereocenters. The number of carbonyl (C=O) groups excluding carboxylic acids is 1. The van der Waals surface area contributed by atoms with Gasteiger partial charge in [0, 0.05) is 0 Å². The first-order valence-electron chi connectivity index (χ1n) is 4.14. The second kappa shape index (κ2) is 5.26. The van der Waals surface area contributed by atoms with Crippen molar-refractivity contribution >= 4 is 5.91 Å². The average Bonchev–Trinajstić information content (AvgIpc) is 2.64. The minimum atomic E-state index is -0.0433. The number of H-pyrrole nitrogens is 1. The molecular weight excluding hydrogens is 170 g/mol. The van der Waals surface area contributed by atoms with Crippen molar-refractivity contribution < 1.29 is 4.79 Å². The normalized spacial score (nSPS) is 9.92. The van der Waals surface area contributed by atoms with Crippen molar-refractivity contribution in [3.8, 4) is 0 Å². The molecule has 0 atom stereocenters. The molecule has 72 valence electrons. The first-order valence-corrected chi connectivity index (χ1v) is 4.14. The minimum absolute atomic E-state index is 0.0433. The molecule has 0 aliphatic rings. The third kappa shape index (κ3) is 3.66. The van der Waals surface area contributed by atoms with Crippen LogP contribution in [0.1, 0.15) is 12.7 Å². The van der Waals surface area contributed by atoms with E-state index in [1.807, 2.05) is 6.92 Å². The Morgan fingerprint density at radius 2 is 2.54 bits per heavy atom. The first-order chi connectivity index (χ1) is 6.33. The lowest BCUT2D eigenvalue weighted by atomic mass is 10.5. The summed E-state index contributed by atoms with van der Waals surface area (Å²) in [5.41, 5.74) is 0. The lowest BCUT2D eigenvalue weighted by molar-refractivity contribution is -0.120. The van der Waals surface area contributed by atoms with E-state index in [0.717, 1.165) is 6.54 Å². The molecule has 0 aliphatic heterocycles. The third-order valence-corrected chi connectivity index (χ3v) is 1.45. The highest BCUT2D eigenvalue weighted by Gasteiger charge is 2.00. The minimum Gasteiger partial charge on any atom is -0.348 e. The van der Waals surface area contributed by atoms with Crippen molar-refractivity contribution in [2.24, 2.45) is 0 Å². The Kier molecular flexibility index (Phi) is 3.90. The zero-order valence-electron chi connectivity index (χ0n) is 7.50. The molecular formula is C7H13N5O. The van der Waals surface area contributed by atoms with Crippen molar-refractivity contribution in [1.82, 2.24) is 25.8 Å². The van der Waals surface area contributed by atoms with Gasteiger partial charge < -0.3 is 10.6 Å². The van der Waals surface area contributed by atoms with Crippen LogP contribution in [0, 0.1) is 0 Å². The van der Waals surface area contributed by atoms with E-state index in [-0.39, 0.29) is 5.91 Å². The topological polar surface area (TPSA) is 82.7 Å². The number of rotatable bonds is 5. The Morgan fingerprint density at radius 1 is 1.69 bits per heavy atom. The summed E-state index contributed by atoms with van der Waals surface area (Å²) in [5.74, 6) is 0.614. The van der Waals surface area contributed by atoms with Crippen molar-refractivity contribution in [2.75, 3.05) is 13.1 Å². The fourth-order valence-electron chi connectivity index (χ4n) is 0.799. The van der Waals surface area contributed by atoms with E-state index in [1.54, 1.807) is 0 Å². The standard InChI is InChI=1S/C7H13N5O/c1-2-8-4-7(13)9-3-6-10-5-11-12-6/h5,8H,2-4H2,1H3,(H,9,13)(H,10,11,12). The van der Waals surface area contributed by atoms with Crippen LogP contribution in [-0.4, -0.2) is 34.2 Å². The van der Waals surface area contributed by atoms with Gasteiger partial charge in [0.2, 0.25) is 5.91 Å². The van der Waals surface area contributed by atoms with E-state index in [0.29, 0.717) is 18.9 Å². The number of hydrogen-bond acceptors (Lipinski definition) is 4. The molecule has 0 radical (unpaired) electrons. The molecule has 1 rings (SSSR count). The molecule has 3 N–H and O–H groups in total. The van der Waals surface area contributed by atoms with E-state index in [2.05, 4.69) is 25.8 Å². The quantitative estimate of drug-likeness (QED) is 0.548. The molecule has 13 heavy (non-hydrogen) atoms. The van der Waals surface area contributed by atoms with Gasteiger partial charge in [-0.2, -0.15) is 5.10 Å². The van der Waals surface area contributed by atoms with Crippen molar-refractivity contribution in [3.05, 3.63) is 12.2 Å². The molecule has 1 amide bonds. The van der Waals surface area contributed by atoms with Crippen molar-refractivity contribution in [2.45, 2.75) is 13.5 Å². The van der Waals surface area contributed by atoms with Crippen LogP contribution in [0.15, 0.2) is 6.33 Å². The Bertz CT molecular complexity index is 245. The summed E-state index contributed by atoms with van der Waals surface area (Å²) in [5, 5.41) is 11.9. The van der Waals surface area contributed by atoms with Crippen LogP contribution in [0.5, 0.6) is 0 Å². The van der Waals surface area contributed by atoms with Crippen LogP contribution in [-0.2, 0) is 11.3 Å². The summed E-state index contributed by atoms with van der Waals surface area (Å²) in [6, 6.07) is 0. The monoisotopic (exact) mass is 183 g/mol. The van der Waals surface area contributed by atoms with Gasteiger partial charge in [-0.3, -0.25) is 9.89 Å². The smallest absolute Gasteiger partial charge is 0.234 e. The molecule has 6 heteroatoms. The number of carbonyl (C=O) groups is 1. The predicted octanol–water partition coefficient (Wildman–Crippen LogP) is -0.970. The number of amides is 1. The number of nitrogens with zero attached hydrogens (tertiary/aromatic N) is 2. The van der Waals surface area contributed by atoms with E-state index in [4.69, 9.17) is 0 Å². The molecule has 1 aromatic rings. The maximum atomic E-state index is 11.1. The number of nitrogens with one attached hydrogen (secondary N) is 3. The maximum Gasteiger partial charge on any atom is 0.234 e. The molecule has 0 saturated heterocycles. The highest BCUT2D eigenvalue weighted by Crippen LogP contribution is 1.82. The first kappa shape index (κ1) is 9.66. The number of hydrogen-bond donors (Lipinski definition) is 3. The van der Waals surface area contributed by atoms with Crippen molar-refractivity contribution in [1.29, 1.82) is 0 Å². The SMILES string of the molecule is CCNCC(=O)NCc1ncn[nH]1. The predicted molar refractivity (Wildman–Crippen MR) is 46.8 cm³/mol. The Morgan fingerprint density at radius 3 is 3.15 bits per heavy atom. The summed E-state index contributed by atoms with van der Waals surface area (Å²) in [6.07, 6.45) is 1.41. The highest BCUT2D eigenvalue weighted by atomic mass is 16.1. The molecule has 0 fully saturated rings. The summed E-state index contributed by atoms with van der Waals surface area (Å²) < 4.78 is 0. The van der Waals surface area contributed by atoms with Crippen LogP contribution in [0.25, 0.3) is 0 Å². The van der Waals surface area contributed by atoms with E-state index >= 15 is 0 Å². The molecule has 0 saturated carbocycles. The number of likely N-dealkylation sites (N-methyl/N-ethyl adjacent to an activating group) is 1. The largest absolute Gasteiger partial charge is 0.348 e. The average molecular weight is 183 g/mol. The molecule has 1 heterocycles. The lowest BCUT2D eigenvalue weighted by Gasteiger charge is -2.02. The zero-order valence-corrected chi connectivity index (χ0v) is 7.50. The van der Waals surface area contributed by atoms with Gasteiger partial charge in [0.1, 0.15) is 12.2 Å². The highest BCUT2D eigenvalue weighted by molar-refractivity contribution is 5.77.